The van der Waals surface area contributed by atoms with E-state index in [9.17, 15) is 0 Å². The number of anilines is 1. The summed E-state index contributed by atoms with van der Waals surface area (Å²) >= 11 is 1.84. The fourth-order valence-corrected chi connectivity index (χ4v) is 2.87. The van der Waals surface area contributed by atoms with E-state index in [1.807, 2.05) is 11.3 Å². The molecule has 2 aromatic rings. The summed E-state index contributed by atoms with van der Waals surface area (Å²) in [6.45, 7) is 9.73. The molecule has 1 heterocycles. The highest BCUT2D eigenvalue weighted by Gasteiger charge is 2.10. The lowest BCUT2D eigenvalue weighted by atomic mass is 10.2. The van der Waals surface area contributed by atoms with Gasteiger partial charge in [0.1, 0.15) is 0 Å². The minimum atomic E-state index is 0.567. The average molecular weight is 288 g/mol. The van der Waals surface area contributed by atoms with Crippen molar-refractivity contribution in [2.45, 2.75) is 33.4 Å². The zero-order valence-electron chi connectivity index (χ0n) is 12.6. The molecule has 1 aromatic heterocycles. The van der Waals surface area contributed by atoms with Crippen molar-refractivity contribution in [1.82, 2.24) is 4.90 Å². The van der Waals surface area contributed by atoms with Crippen LogP contribution in [0.4, 0.5) is 5.69 Å². The molecule has 0 spiro atoms. The first kappa shape index (κ1) is 15.1. The molecule has 0 aliphatic rings. The monoisotopic (exact) mass is 288 g/mol. The number of hydrogen-bond acceptors (Lipinski definition) is 3. The summed E-state index contributed by atoms with van der Waals surface area (Å²) in [7, 11) is 0. The third-order valence-electron chi connectivity index (χ3n) is 3.45. The molecule has 2 rings (SSSR count). The predicted octanol–water partition coefficient (Wildman–Crippen LogP) is 4.38. The molecule has 0 fully saturated rings. The van der Waals surface area contributed by atoms with Gasteiger partial charge >= 0.3 is 0 Å². The molecule has 0 aliphatic heterocycles. The number of hydrogen-bond donors (Lipinski definition) is 1. The van der Waals surface area contributed by atoms with E-state index in [1.54, 1.807) is 0 Å². The van der Waals surface area contributed by atoms with Gasteiger partial charge in [0, 0.05) is 36.2 Å². The van der Waals surface area contributed by atoms with Crippen molar-refractivity contribution >= 4 is 17.0 Å². The molecule has 108 valence electrons. The van der Waals surface area contributed by atoms with Gasteiger partial charge in [0.2, 0.25) is 0 Å². The zero-order chi connectivity index (χ0) is 14.4. The van der Waals surface area contributed by atoms with Crippen molar-refractivity contribution in [2.24, 2.45) is 0 Å². The summed E-state index contributed by atoms with van der Waals surface area (Å²) < 4.78 is 0. The second-order valence-electron chi connectivity index (χ2n) is 5.44. The van der Waals surface area contributed by atoms with Gasteiger partial charge in [0.05, 0.1) is 0 Å². The third kappa shape index (κ3) is 4.66. The molecule has 0 atom stereocenters. The molecule has 0 bridgehead atoms. The Morgan fingerprint density at radius 2 is 1.90 bits per heavy atom. The van der Waals surface area contributed by atoms with Crippen LogP contribution in [-0.4, -0.2) is 24.0 Å². The Kier molecular flexibility index (Phi) is 5.62. The highest BCUT2D eigenvalue weighted by molar-refractivity contribution is 7.09. The van der Waals surface area contributed by atoms with Crippen LogP contribution in [0.3, 0.4) is 0 Å². The average Bonchev–Trinajstić information content (AvgIpc) is 2.92. The van der Waals surface area contributed by atoms with Crippen molar-refractivity contribution in [1.29, 1.82) is 0 Å². The van der Waals surface area contributed by atoms with Gasteiger partial charge in [-0.3, -0.25) is 4.90 Å². The fourth-order valence-electron chi connectivity index (χ4n) is 2.14. The van der Waals surface area contributed by atoms with Gasteiger partial charge < -0.3 is 5.32 Å². The van der Waals surface area contributed by atoms with Gasteiger partial charge in [-0.05, 0) is 44.4 Å². The van der Waals surface area contributed by atoms with Gasteiger partial charge in [0.25, 0.3) is 0 Å². The van der Waals surface area contributed by atoms with Gasteiger partial charge in [-0.1, -0.05) is 23.8 Å². The molecule has 0 saturated heterocycles. The first-order chi connectivity index (χ1) is 9.65. The van der Waals surface area contributed by atoms with Crippen molar-refractivity contribution in [3.05, 3.63) is 52.2 Å². The van der Waals surface area contributed by atoms with E-state index in [4.69, 9.17) is 0 Å². The number of rotatable bonds is 7. The molecule has 20 heavy (non-hydrogen) atoms. The Labute approximate surface area is 126 Å². The van der Waals surface area contributed by atoms with E-state index < -0.39 is 0 Å². The molecule has 3 heteroatoms. The Bertz CT molecular complexity index is 488. The van der Waals surface area contributed by atoms with Gasteiger partial charge in [-0.25, -0.2) is 0 Å². The molecule has 0 saturated carbocycles. The quantitative estimate of drug-likeness (QED) is 0.813. The van der Waals surface area contributed by atoms with Crippen LogP contribution in [0.1, 0.15) is 24.3 Å². The molecule has 0 amide bonds. The maximum atomic E-state index is 3.50. The lowest BCUT2D eigenvalue weighted by Gasteiger charge is -2.26. The van der Waals surface area contributed by atoms with E-state index >= 15 is 0 Å². The SMILES string of the molecule is Cc1ccc(NCCN(Cc2cccs2)C(C)C)cc1. The van der Waals surface area contributed by atoms with Crippen LogP contribution < -0.4 is 5.32 Å². The summed E-state index contributed by atoms with van der Waals surface area (Å²) in [5.74, 6) is 0. The molecule has 2 nitrogen and oxygen atoms in total. The van der Waals surface area contributed by atoms with E-state index in [0.717, 1.165) is 19.6 Å². The van der Waals surface area contributed by atoms with Crippen LogP contribution in [0, 0.1) is 6.92 Å². The Morgan fingerprint density at radius 3 is 2.50 bits per heavy atom. The van der Waals surface area contributed by atoms with Gasteiger partial charge in [-0.15, -0.1) is 11.3 Å². The number of nitrogens with one attached hydrogen (secondary N) is 1. The highest BCUT2D eigenvalue weighted by atomic mass is 32.1. The Morgan fingerprint density at radius 1 is 1.15 bits per heavy atom. The standard InChI is InChI=1S/C17H24N2S/c1-14(2)19(13-17-5-4-12-20-17)11-10-18-16-8-6-15(3)7-9-16/h4-9,12,14,18H,10-11,13H2,1-3H3. The van der Waals surface area contributed by atoms with E-state index in [-0.39, 0.29) is 0 Å². The van der Waals surface area contributed by atoms with Crippen LogP contribution in [-0.2, 0) is 6.54 Å². The second-order valence-corrected chi connectivity index (χ2v) is 6.47. The zero-order valence-corrected chi connectivity index (χ0v) is 13.4. The number of aryl methyl sites for hydroxylation is 1. The Hall–Kier alpha value is -1.32. The van der Waals surface area contributed by atoms with Crippen LogP contribution >= 0.6 is 11.3 Å². The van der Waals surface area contributed by atoms with Crippen molar-refractivity contribution < 1.29 is 0 Å². The fraction of sp³-hybridized carbons (Fsp3) is 0.412. The number of nitrogens with zero attached hydrogens (tertiary/aromatic N) is 1. The van der Waals surface area contributed by atoms with Crippen LogP contribution in [0.5, 0.6) is 0 Å². The summed E-state index contributed by atoms with van der Waals surface area (Å²) in [6, 6.07) is 13.5. The molecule has 0 aliphatic carbocycles. The Balaban J connectivity index is 1.81. The maximum absolute atomic E-state index is 3.50. The molecule has 1 N–H and O–H groups in total. The van der Waals surface area contributed by atoms with Crippen molar-refractivity contribution in [3.8, 4) is 0 Å². The van der Waals surface area contributed by atoms with Crippen LogP contribution in [0.2, 0.25) is 0 Å². The van der Waals surface area contributed by atoms with Crippen molar-refractivity contribution in [3.63, 3.8) is 0 Å². The summed E-state index contributed by atoms with van der Waals surface area (Å²) in [5, 5.41) is 5.65. The first-order valence-corrected chi connectivity index (χ1v) is 8.10. The van der Waals surface area contributed by atoms with Crippen LogP contribution in [0.15, 0.2) is 41.8 Å². The predicted molar refractivity (Wildman–Crippen MR) is 89.5 cm³/mol. The minimum absolute atomic E-state index is 0.567. The van der Waals surface area contributed by atoms with E-state index in [1.165, 1.54) is 16.1 Å². The lowest BCUT2D eigenvalue weighted by molar-refractivity contribution is 0.223. The van der Waals surface area contributed by atoms with Gasteiger partial charge in [0.15, 0.2) is 0 Å². The maximum Gasteiger partial charge on any atom is 0.0340 e. The van der Waals surface area contributed by atoms with Crippen molar-refractivity contribution in [2.75, 3.05) is 18.4 Å². The first-order valence-electron chi connectivity index (χ1n) is 7.22. The largest absolute Gasteiger partial charge is 0.384 e. The normalized spacial score (nSPS) is 11.2. The lowest BCUT2D eigenvalue weighted by Crippen LogP contribution is -2.34. The summed E-state index contributed by atoms with van der Waals surface area (Å²) in [6.07, 6.45) is 0. The highest BCUT2D eigenvalue weighted by Crippen LogP contribution is 2.14. The van der Waals surface area contributed by atoms with E-state index in [2.05, 4.69) is 72.8 Å². The van der Waals surface area contributed by atoms with E-state index in [0.29, 0.717) is 6.04 Å². The smallest absolute Gasteiger partial charge is 0.0340 e. The number of benzene rings is 1. The van der Waals surface area contributed by atoms with Gasteiger partial charge in [-0.2, -0.15) is 0 Å². The molecule has 1 aromatic carbocycles. The number of thiophene rings is 1. The van der Waals surface area contributed by atoms with Crippen LogP contribution in [0.25, 0.3) is 0 Å². The topological polar surface area (TPSA) is 15.3 Å². The summed E-state index contributed by atoms with van der Waals surface area (Å²) in [4.78, 5) is 3.95. The molecular formula is C17H24N2S. The molecular weight excluding hydrogens is 264 g/mol. The molecule has 0 radical (unpaired) electrons. The summed E-state index contributed by atoms with van der Waals surface area (Å²) in [5.41, 5.74) is 2.51. The molecule has 0 unspecified atom stereocenters. The second kappa shape index (κ2) is 7.46. The third-order valence-corrected chi connectivity index (χ3v) is 4.31. The minimum Gasteiger partial charge on any atom is -0.384 e.